The molecule has 0 radical (unpaired) electrons. The summed E-state index contributed by atoms with van der Waals surface area (Å²) in [6.07, 6.45) is 1.76. The average Bonchev–Trinajstić information content (AvgIpc) is 2.54. The van der Waals surface area contributed by atoms with Crippen molar-refractivity contribution in [3.05, 3.63) is 16.8 Å². The molecule has 0 aliphatic heterocycles. The van der Waals surface area contributed by atoms with Gasteiger partial charge < -0.3 is 10.2 Å². The molecule has 0 unspecified atom stereocenters. The van der Waals surface area contributed by atoms with Gasteiger partial charge in [-0.25, -0.2) is 4.98 Å². The molecule has 0 fully saturated rings. The van der Waals surface area contributed by atoms with E-state index in [9.17, 15) is 9.59 Å². The molecule has 1 aromatic heterocycles. The zero-order chi connectivity index (χ0) is 13.9. The van der Waals surface area contributed by atoms with E-state index >= 15 is 0 Å². The fourth-order valence-electron chi connectivity index (χ4n) is 1.42. The Morgan fingerprint density at radius 1 is 1.33 bits per heavy atom. The number of amides is 1. The summed E-state index contributed by atoms with van der Waals surface area (Å²) in [7, 11) is 3.71. The van der Waals surface area contributed by atoms with Crippen LogP contribution in [0.3, 0.4) is 0 Å². The lowest BCUT2D eigenvalue weighted by atomic mass is 10.1. The summed E-state index contributed by atoms with van der Waals surface area (Å²) in [5.74, 6) is -0.193. The fraction of sp³-hybridized carbons (Fsp3) is 0.417. The van der Waals surface area contributed by atoms with Crippen LogP contribution >= 0.6 is 11.3 Å². The van der Waals surface area contributed by atoms with Crippen molar-refractivity contribution in [2.75, 3.05) is 19.4 Å². The van der Waals surface area contributed by atoms with Crippen LogP contribution in [-0.2, 0) is 9.59 Å². The molecule has 1 aromatic rings. The van der Waals surface area contributed by atoms with Crippen LogP contribution in [0.4, 0.5) is 5.13 Å². The van der Waals surface area contributed by atoms with Crippen LogP contribution in [0.1, 0.15) is 24.4 Å². The number of nitrogens with one attached hydrogen (secondary N) is 1. The van der Waals surface area contributed by atoms with Gasteiger partial charge in [0.15, 0.2) is 10.9 Å². The van der Waals surface area contributed by atoms with Gasteiger partial charge in [0, 0.05) is 27.2 Å². The summed E-state index contributed by atoms with van der Waals surface area (Å²) >= 11 is 1.31. The highest BCUT2D eigenvalue weighted by Crippen LogP contribution is 2.29. The first-order chi connectivity index (χ1) is 8.31. The molecule has 18 heavy (non-hydrogen) atoms. The summed E-state index contributed by atoms with van der Waals surface area (Å²) in [6.45, 7) is 4.77. The summed E-state index contributed by atoms with van der Waals surface area (Å²) in [5.41, 5.74) is 1.35. The number of hydrogen-bond donors (Lipinski definition) is 1. The lowest BCUT2D eigenvalue weighted by Crippen LogP contribution is -2.06. The average molecular weight is 267 g/mol. The van der Waals surface area contributed by atoms with Gasteiger partial charge in [0.1, 0.15) is 0 Å². The number of aromatic nitrogens is 1. The lowest BCUT2D eigenvalue weighted by Gasteiger charge is -2.08. The van der Waals surface area contributed by atoms with Gasteiger partial charge in [-0.3, -0.25) is 9.59 Å². The van der Waals surface area contributed by atoms with E-state index in [1.165, 1.54) is 25.2 Å². The molecule has 0 bridgehead atoms. The summed E-state index contributed by atoms with van der Waals surface area (Å²) in [4.78, 5) is 29.5. The first-order valence-corrected chi connectivity index (χ1v) is 6.27. The van der Waals surface area contributed by atoms with Gasteiger partial charge in [-0.1, -0.05) is 11.3 Å². The van der Waals surface area contributed by atoms with Crippen molar-refractivity contribution in [1.29, 1.82) is 0 Å². The maximum Gasteiger partial charge on any atom is 0.223 e. The Kier molecular flexibility index (Phi) is 4.61. The normalized spacial score (nSPS) is 11.3. The Labute approximate surface area is 111 Å². The minimum atomic E-state index is -0.170. The molecule has 1 rings (SSSR count). The Balaban J connectivity index is 3.17. The number of thiazole rings is 1. The van der Waals surface area contributed by atoms with E-state index in [-0.39, 0.29) is 11.7 Å². The van der Waals surface area contributed by atoms with Gasteiger partial charge in [0.25, 0.3) is 0 Å². The van der Waals surface area contributed by atoms with Crippen LogP contribution < -0.4 is 5.32 Å². The largest absolute Gasteiger partial charge is 0.383 e. The Morgan fingerprint density at radius 3 is 2.39 bits per heavy atom. The highest BCUT2D eigenvalue weighted by Gasteiger charge is 2.16. The van der Waals surface area contributed by atoms with Crippen LogP contribution in [0.15, 0.2) is 6.20 Å². The molecule has 0 aromatic carbocycles. The summed E-state index contributed by atoms with van der Waals surface area (Å²) in [6, 6.07) is 0. The molecule has 5 nitrogen and oxygen atoms in total. The van der Waals surface area contributed by atoms with Gasteiger partial charge in [-0.05, 0) is 13.8 Å². The number of hydrogen-bond acceptors (Lipinski definition) is 5. The van der Waals surface area contributed by atoms with E-state index in [1.54, 1.807) is 6.20 Å². The van der Waals surface area contributed by atoms with Crippen molar-refractivity contribution >= 4 is 33.7 Å². The number of allylic oxidation sites excluding steroid dienone is 1. The SMILES string of the molecule is CC(=O)Nc1nc(C)c(C(=CN(C)C)C(C)=O)s1. The first kappa shape index (κ1) is 14.4. The van der Waals surface area contributed by atoms with Crippen molar-refractivity contribution in [3.8, 4) is 0 Å². The van der Waals surface area contributed by atoms with E-state index in [2.05, 4.69) is 10.3 Å². The van der Waals surface area contributed by atoms with Crippen molar-refractivity contribution in [2.45, 2.75) is 20.8 Å². The molecule has 0 saturated heterocycles. The van der Waals surface area contributed by atoms with Crippen molar-refractivity contribution in [2.24, 2.45) is 0 Å². The minimum absolute atomic E-state index is 0.0233. The number of aryl methyl sites for hydroxylation is 1. The summed E-state index contributed by atoms with van der Waals surface area (Å²) < 4.78 is 0. The van der Waals surface area contributed by atoms with E-state index in [4.69, 9.17) is 0 Å². The molecule has 0 aliphatic carbocycles. The number of nitrogens with zero attached hydrogens (tertiary/aromatic N) is 2. The lowest BCUT2D eigenvalue weighted by molar-refractivity contribution is -0.114. The van der Waals surface area contributed by atoms with E-state index in [1.807, 2.05) is 25.9 Å². The molecule has 1 amide bonds. The van der Waals surface area contributed by atoms with Gasteiger partial charge in [0.2, 0.25) is 5.91 Å². The van der Waals surface area contributed by atoms with Crippen LogP contribution in [0.2, 0.25) is 0 Å². The number of anilines is 1. The van der Waals surface area contributed by atoms with E-state index < -0.39 is 0 Å². The zero-order valence-electron chi connectivity index (χ0n) is 11.2. The highest BCUT2D eigenvalue weighted by atomic mass is 32.1. The number of ketones is 1. The third kappa shape index (κ3) is 3.66. The second-order valence-corrected chi connectivity index (χ2v) is 5.18. The predicted octanol–water partition coefficient (Wildman–Crippen LogP) is 1.90. The van der Waals surface area contributed by atoms with Gasteiger partial charge >= 0.3 is 0 Å². The Bertz CT molecular complexity index is 503. The molecule has 0 saturated carbocycles. The van der Waals surface area contributed by atoms with E-state index in [0.717, 1.165) is 10.6 Å². The first-order valence-electron chi connectivity index (χ1n) is 5.46. The third-order valence-electron chi connectivity index (χ3n) is 2.09. The zero-order valence-corrected chi connectivity index (χ0v) is 12.0. The number of carbonyl (C=O) groups is 2. The molecule has 0 aliphatic rings. The molecular formula is C12H17N3O2S. The van der Waals surface area contributed by atoms with Gasteiger partial charge in [0.05, 0.1) is 16.1 Å². The van der Waals surface area contributed by atoms with Crippen LogP contribution in [-0.4, -0.2) is 35.7 Å². The molecule has 0 atom stereocenters. The van der Waals surface area contributed by atoms with Crippen molar-refractivity contribution in [1.82, 2.24) is 9.88 Å². The van der Waals surface area contributed by atoms with Gasteiger partial charge in [-0.15, -0.1) is 0 Å². The monoisotopic (exact) mass is 267 g/mol. The highest BCUT2D eigenvalue weighted by molar-refractivity contribution is 7.17. The standard InChI is InChI=1S/C12H17N3O2S/c1-7-11(10(8(2)16)6-15(4)5)18-12(13-7)14-9(3)17/h6H,1-5H3,(H,13,14,17). The number of carbonyl (C=O) groups excluding carboxylic acids is 2. The maximum atomic E-state index is 11.7. The fourth-order valence-corrected chi connectivity index (χ4v) is 2.49. The van der Waals surface area contributed by atoms with Crippen LogP contribution in [0, 0.1) is 6.92 Å². The maximum absolute atomic E-state index is 11.7. The second kappa shape index (κ2) is 5.77. The minimum Gasteiger partial charge on any atom is -0.383 e. The Hall–Kier alpha value is -1.69. The second-order valence-electron chi connectivity index (χ2n) is 4.18. The van der Waals surface area contributed by atoms with Gasteiger partial charge in [-0.2, -0.15) is 0 Å². The predicted molar refractivity (Wildman–Crippen MR) is 73.5 cm³/mol. The topological polar surface area (TPSA) is 62.3 Å². The molecule has 6 heteroatoms. The molecule has 1 heterocycles. The third-order valence-corrected chi connectivity index (χ3v) is 3.20. The van der Waals surface area contributed by atoms with Crippen LogP contribution in [0.5, 0.6) is 0 Å². The molecule has 98 valence electrons. The Morgan fingerprint density at radius 2 is 1.94 bits per heavy atom. The quantitative estimate of drug-likeness (QED) is 0.846. The number of rotatable bonds is 4. The van der Waals surface area contributed by atoms with Crippen molar-refractivity contribution in [3.63, 3.8) is 0 Å². The molecule has 0 spiro atoms. The smallest absolute Gasteiger partial charge is 0.223 e. The van der Waals surface area contributed by atoms with Crippen LogP contribution in [0.25, 0.3) is 5.57 Å². The summed E-state index contributed by atoms with van der Waals surface area (Å²) in [5, 5.41) is 3.14. The number of Topliss-reactive ketones (excluding diaryl/α,β-unsaturated/α-hetero) is 1. The molecule has 1 N–H and O–H groups in total. The van der Waals surface area contributed by atoms with Crippen molar-refractivity contribution < 1.29 is 9.59 Å². The molecular weight excluding hydrogens is 250 g/mol. The van der Waals surface area contributed by atoms with E-state index in [0.29, 0.717) is 10.7 Å².